The van der Waals surface area contributed by atoms with Crippen LogP contribution in [0.15, 0.2) is 0 Å². The number of fused-ring (bicyclic) bond motifs is 5. The molecule has 1 N–H and O–H groups in total. The lowest BCUT2D eigenvalue weighted by Gasteiger charge is -2.61. The van der Waals surface area contributed by atoms with E-state index in [0.29, 0.717) is 16.9 Å². The molecule has 4 saturated carbocycles. The molecule has 4 aliphatic carbocycles. The highest BCUT2D eigenvalue weighted by Crippen LogP contribution is 2.68. The van der Waals surface area contributed by atoms with Crippen molar-refractivity contribution in [1.29, 1.82) is 0 Å². The molecule has 0 unspecified atom stereocenters. The van der Waals surface area contributed by atoms with Crippen LogP contribution >= 0.6 is 0 Å². The molecular formula is C29H51NO. The molecular weight excluding hydrogens is 378 g/mol. The van der Waals surface area contributed by atoms with Crippen LogP contribution < -0.4 is 5.32 Å². The predicted molar refractivity (Wildman–Crippen MR) is 131 cm³/mol. The number of hydrogen-bond donors (Lipinski definition) is 1. The average molecular weight is 430 g/mol. The predicted octanol–water partition coefficient (Wildman–Crippen LogP) is 7.61. The maximum absolute atomic E-state index is 11.6. The normalized spacial score (nSPS) is 45.5. The summed E-state index contributed by atoms with van der Waals surface area (Å²) in [5, 5.41) is 3.25. The summed E-state index contributed by atoms with van der Waals surface area (Å²) >= 11 is 0. The van der Waals surface area contributed by atoms with Crippen LogP contribution in [0.2, 0.25) is 0 Å². The summed E-state index contributed by atoms with van der Waals surface area (Å²) in [6, 6.07) is 0.434. The second-order valence-corrected chi connectivity index (χ2v) is 13.4. The highest BCUT2D eigenvalue weighted by atomic mass is 16.1. The fourth-order valence-corrected chi connectivity index (χ4v) is 9.70. The summed E-state index contributed by atoms with van der Waals surface area (Å²) in [6.07, 6.45) is 16.9. The molecule has 4 aliphatic rings. The van der Waals surface area contributed by atoms with Crippen LogP contribution in [0.25, 0.3) is 0 Å². The molecule has 0 bridgehead atoms. The summed E-state index contributed by atoms with van der Waals surface area (Å²) < 4.78 is 0. The zero-order valence-electron chi connectivity index (χ0n) is 21.5. The molecule has 4 fully saturated rings. The molecule has 31 heavy (non-hydrogen) atoms. The minimum atomic E-state index is 0.162. The monoisotopic (exact) mass is 429 g/mol. The third-order valence-corrected chi connectivity index (χ3v) is 11.3. The average Bonchev–Trinajstić information content (AvgIpc) is 3.05. The molecule has 178 valence electrons. The minimum Gasteiger partial charge on any atom is -0.354 e. The maximum Gasteiger partial charge on any atom is 0.217 e. The van der Waals surface area contributed by atoms with Gasteiger partial charge in [-0.15, -0.1) is 0 Å². The molecule has 1 amide bonds. The lowest BCUT2D eigenvalue weighted by molar-refractivity contribution is -0.126. The van der Waals surface area contributed by atoms with E-state index in [4.69, 9.17) is 0 Å². The lowest BCUT2D eigenvalue weighted by Crippen LogP contribution is -2.55. The van der Waals surface area contributed by atoms with Crippen molar-refractivity contribution in [1.82, 2.24) is 5.32 Å². The fourth-order valence-electron chi connectivity index (χ4n) is 9.70. The number of rotatable bonds is 6. The number of amides is 1. The van der Waals surface area contributed by atoms with Crippen LogP contribution in [0.4, 0.5) is 0 Å². The molecule has 0 aromatic carbocycles. The van der Waals surface area contributed by atoms with Crippen molar-refractivity contribution in [2.45, 2.75) is 125 Å². The number of hydrogen-bond acceptors (Lipinski definition) is 1. The third-order valence-electron chi connectivity index (χ3n) is 11.3. The molecule has 0 aromatic heterocycles. The summed E-state index contributed by atoms with van der Waals surface area (Å²) in [6.45, 7) is 14.4. The minimum absolute atomic E-state index is 0.162. The van der Waals surface area contributed by atoms with Crippen molar-refractivity contribution in [3.8, 4) is 0 Å². The van der Waals surface area contributed by atoms with E-state index < -0.39 is 0 Å². The van der Waals surface area contributed by atoms with E-state index in [0.717, 1.165) is 41.4 Å². The van der Waals surface area contributed by atoms with Crippen LogP contribution in [0.5, 0.6) is 0 Å². The van der Waals surface area contributed by atoms with E-state index in [2.05, 4.69) is 39.9 Å². The van der Waals surface area contributed by atoms with Gasteiger partial charge in [-0.05, 0) is 110 Å². The SMILES string of the molecule is CC(=O)N[C@H]1CC[C@@]2(C)[C@@H](CC[C@H]3[C@H]2CC[C@@]2(C)[C@@H]3CC[C@H]2[C@H](C)CCCC(C)C)C1. The smallest absolute Gasteiger partial charge is 0.217 e. The Morgan fingerprint density at radius 1 is 0.903 bits per heavy atom. The van der Waals surface area contributed by atoms with Gasteiger partial charge in [-0.2, -0.15) is 0 Å². The Morgan fingerprint density at radius 3 is 2.32 bits per heavy atom. The van der Waals surface area contributed by atoms with Crippen LogP contribution in [0.3, 0.4) is 0 Å². The van der Waals surface area contributed by atoms with Gasteiger partial charge in [0.2, 0.25) is 5.91 Å². The van der Waals surface area contributed by atoms with Gasteiger partial charge in [0, 0.05) is 13.0 Å². The van der Waals surface area contributed by atoms with Gasteiger partial charge in [0.1, 0.15) is 0 Å². The van der Waals surface area contributed by atoms with Gasteiger partial charge in [-0.3, -0.25) is 4.79 Å². The molecule has 0 saturated heterocycles. The summed E-state index contributed by atoms with van der Waals surface area (Å²) in [7, 11) is 0. The number of carbonyl (C=O) groups excluding carboxylic acids is 1. The van der Waals surface area contributed by atoms with Gasteiger partial charge in [0.25, 0.3) is 0 Å². The lowest BCUT2D eigenvalue weighted by atomic mass is 9.44. The van der Waals surface area contributed by atoms with Crippen molar-refractivity contribution in [3.05, 3.63) is 0 Å². The van der Waals surface area contributed by atoms with E-state index in [1.165, 1.54) is 77.0 Å². The Bertz CT molecular complexity index is 643. The standard InChI is InChI=1S/C29H51NO/c1-19(2)8-7-9-20(3)25-12-13-26-24-11-10-22-18-23(30-21(4)31)14-16-28(22,5)27(24)15-17-29(25,26)6/h19-20,22-27H,7-18H2,1-6H3,(H,30,31)/t20-,22+,23+,24-,25+,26-,27-,28+,29-/m1/s1. The molecule has 0 aliphatic heterocycles. The van der Waals surface area contributed by atoms with Crippen LogP contribution in [0.1, 0.15) is 119 Å². The van der Waals surface area contributed by atoms with Crippen molar-refractivity contribution in [3.63, 3.8) is 0 Å². The van der Waals surface area contributed by atoms with Gasteiger partial charge in [-0.1, -0.05) is 53.9 Å². The maximum atomic E-state index is 11.6. The zero-order chi connectivity index (χ0) is 22.4. The molecule has 0 heterocycles. The first-order valence-corrected chi connectivity index (χ1v) is 13.9. The highest BCUT2D eigenvalue weighted by molar-refractivity contribution is 5.73. The van der Waals surface area contributed by atoms with Gasteiger partial charge < -0.3 is 5.32 Å². The second kappa shape index (κ2) is 9.02. The number of nitrogens with one attached hydrogen (secondary N) is 1. The van der Waals surface area contributed by atoms with Crippen LogP contribution in [-0.4, -0.2) is 11.9 Å². The molecule has 4 rings (SSSR count). The summed E-state index contributed by atoms with van der Waals surface area (Å²) in [5.41, 5.74) is 1.13. The first kappa shape index (κ1) is 23.6. The van der Waals surface area contributed by atoms with Gasteiger partial charge in [0.05, 0.1) is 0 Å². The molecule has 0 spiro atoms. The van der Waals surface area contributed by atoms with Crippen molar-refractivity contribution < 1.29 is 4.79 Å². The quantitative estimate of drug-likeness (QED) is 0.462. The van der Waals surface area contributed by atoms with Crippen molar-refractivity contribution in [2.24, 2.45) is 52.3 Å². The molecule has 2 nitrogen and oxygen atoms in total. The molecule has 9 atom stereocenters. The Labute approximate surface area is 193 Å². The fraction of sp³-hybridized carbons (Fsp3) is 0.966. The Morgan fingerprint density at radius 2 is 1.61 bits per heavy atom. The summed E-state index contributed by atoms with van der Waals surface area (Å²) in [4.78, 5) is 11.6. The van der Waals surface area contributed by atoms with Crippen LogP contribution in [-0.2, 0) is 4.79 Å². The Hall–Kier alpha value is -0.530. The molecule has 0 radical (unpaired) electrons. The van der Waals surface area contributed by atoms with Gasteiger partial charge >= 0.3 is 0 Å². The number of carbonyl (C=O) groups is 1. The largest absolute Gasteiger partial charge is 0.354 e. The van der Waals surface area contributed by atoms with E-state index in [1.807, 2.05) is 0 Å². The van der Waals surface area contributed by atoms with E-state index in [1.54, 1.807) is 6.92 Å². The molecule has 0 aromatic rings. The first-order valence-electron chi connectivity index (χ1n) is 13.9. The first-order chi connectivity index (χ1) is 14.6. The van der Waals surface area contributed by atoms with E-state index >= 15 is 0 Å². The van der Waals surface area contributed by atoms with Gasteiger partial charge in [-0.25, -0.2) is 0 Å². The van der Waals surface area contributed by atoms with Gasteiger partial charge in [0.15, 0.2) is 0 Å². The van der Waals surface area contributed by atoms with E-state index in [9.17, 15) is 4.79 Å². The second-order valence-electron chi connectivity index (χ2n) is 13.4. The summed E-state index contributed by atoms with van der Waals surface area (Å²) in [5.74, 6) is 6.62. The third kappa shape index (κ3) is 4.35. The van der Waals surface area contributed by atoms with E-state index in [-0.39, 0.29) is 5.91 Å². The highest BCUT2D eigenvalue weighted by Gasteiger charge is 2.60. The van der Waals surface area contributed by atoms with Crippen molar-refractivity contribution >= 4 is 5.91 Å². The zero-order valence-corrected chi connectivity index (χ0v) is 21.5. The topological polar surface area (TPSA) is 29.1 Å². The van der Waals surface area contributed by atoms with Crippen molar-refractivity contribution in [2.75, 3.05) is 0 Å². The Balaban J connectivity index is 1.43. The Kier molecular flexibility index (Phi) is 6.87. The van der Waals surface area contributed by atoms with Crippen LogP contribution in [0, 0.1) is 52.3 Å². The molecule has 2 heteroatoms.